The van der Waals surface area contributed by atoms with Crippen LogP contribution in [-0.4, -0.2) is 30.8 Å². The van der Waals surface area contributed by atoms with Crippen LogP contribution in [-0.2, 0) is 16.0 Å². The first kappa shape index (κ1) is 16.2. The molecule has 1 amide bonds. The number of carbonyl (C=O) groups is 1. The highest BCUT2D eigenvalue weighted by atomic mass is 16.5. The van der Waals surface area contributed by atoms with E-state index in [1.165, 1.54) is 5.56 Å². The topological polar surface area (TPSA) is 64.4 Å². The number of hydrogen-bond acceptors (Lipinski definition) is 4. The van der Waals surface area contributed by atoms with Gasteiger partial charge in [-0.15, -0.1) is 0 Å². The van der Waals surface area contributed by atoms with E-state index in [-0.39, 0.29) is 12.3 Å². The Balaban J connectivity index is 1.81. The summed E-state index contributed by atoms with van der Waals surface area (Å²) >= 11 is 0. The molecule has 22 heavy (non-hydrogen) atoms. The van der Waals surface area contributed by atoms with E-state index in [1.807, 2.05) is 44.2 Å². The lowest BCUT2D eigenvalue weighted by Crippen LogP contribution is -2.26. The molecule has 1 heterocycles. The Morgan fingerprint density at radius 3 is 2.82 bits per heavy atom. The lowest BCUT2D eigenvalue weighted by molar-refractivity contribution is -0.120. The van der Waals surface area contributed by atoms with Crippen LogP contribution in [0.5, 0.6) is 0 Å². The third-order valence-electron chi connectivity index (χ3n) is 3.23. The molecule has 0 fully saturated rings. The fourth-order valence-corrected chi connectivity index (χ4v) is 2.02. The summed E-state index contributed by atoms with van der Waals surface area (Å²) in [5.41, 5.74) is 2.79. The van der Waals surface area contributed by atoms with E-state index in [1.54, 1.807) is 0 Å². The maximum absolute atomic E-state index is 11.8. The van der Waals surface area contributed by atoms with E-state index in [9.17, 15) is 4.79 Å². The standard InChI is InChI=1S/C17H22N2O3/c1-3-21-10-4-9-18-17(20)12-15-11-16(22-19-15)14-7-5-13(2)6-8-14/h5-8,11H,3-4,9-10,12H2,1-2H3,(H,18,20). The van der Waals surface area contributed by atoms with Crippen LogP contribution in [0.4, 0.5) is 0 Å². The van der Waals surface area contributed by atoms with Crippen molar-refractivity contribution in [3.63, 3.8) is 0 Å². The molecule has 1 aromatic carbocycles. The SMILES string of the molecule is CCOCCCNC(=O)Cc1cc(-c2ccc(C)cc2)on1. The van der Waals surface area contributed by atoms with Crippen molar-refractivity contribution in [2.24, 2.45) is 0 Å². The van der Waals surface area contributed by atoms with Gasteiger partial charge < -0.3 is 14.6 Å². The second-order valence-electron chi connectivity index (χ2n) is 5.13. The lowest BCUT2D eigenvalue weighted by atomic mass is 10.1. The van der Waals surface area contributed by atoms with Gasteiger partial charge in [-0.05, 0) is 20.3 Å². The molecule has 0 saturated carbocycles. The quantitative estimate of drug-likeness (QED) is 0.762. The number of carbonyl (C=O) groups excluding carboxylic acids is 1. The summed E-state index contributed by atoms with van der Waals surface area (Å²) in [7, 11) is 0. The third kappa shape index (κ3) is 5.00. The van der Waals surface area contributed by atoms with Gasteiger partial charge in [0.15, 0.2) is 5.76 Å². The monoisotopic (exact) mass is 302 g/mol. The molecule has 0 atom stereocenters. The average molecular weight is 302 g/mol. The van der Waals surface area contributed by atoms with Crippen LogP contribution in [0.25, 0.3) is 11.3 Å². The van der Waals surface area contributed by atoms with Crippen LogP contribution < -0.4 is 5.32 Å². The van der Waals surface area contributed by atoms with Crippen molar-refractivity contribution in [2.75, 3.05) is 19.8 Å². The van der Waals surface area contributed by atoms with Gasteiger partial charge in [0, 0.05) is 31.4 Å². The van der Waals surface area contributed by atoms with Crippen molar-refractivity contribution < 1.29 is 14.1 Å². The van der Waals surface area contributed by atoms with E-state index in [4.69, 9.17) is 9.26 Å². The molecule has 5 nitrogen and oxygen atoms in total. The molecule has 5 heteroatoms. The van der Waals surface area contributed by atoms with Crippen LogP contribution >= 0.6 is 0 Å². The zero-order valence-electron chi connectivity index (χ0n) is 13.1. The Kier molecular flexibility index (Phi) is 6.15. The molecule has 0 aliphatic heterocycles. The minimum absolute atomic E-state index is 0.0553. The molecule has 1 N–H and O–H groups in total. The number of nitrogens with zero attached hydrogens (tertiary/aromatic N) is 1. The van der Waals surface area contributed by atoms with Crippen molar-refractivity contribution in [3.05, 3.63) is 41.6 Å². The van der Waals surface area contributed by atoms with E-state index in [0.717, 1.165) is 12.0 Å². The van der Waals surface area contributed by atoms with Crippen LogP contribution in [0.1, 0.15) is 24.6 Å². The van der Waals surface area contributed by atoms with Gasteiger partial charge in [0.05, 0.1) is 12.1 Å². The number of hydrogen-bond donors (Lipinski definition) is 1. The van der Waals surface area contributed by atoms with Gasteiger partial charge in [0.1, 0.15) is 0 Å². The molecule has 0 bridgehead atoms. The fraction of sp³-hybridized carbons (Fsp3) is 0.412. The number of ether oxygens (including phenoxy) is 1. The summed E-state index contributed by atoms with van der Waals surface area (Å²) in [5.74, 6) is 0.624. The van der Waals surface area contributed by atoms with Crippen molar-refractivity contribution in [1.29, 1.82) is 0 Å². The number of aromatic nitrogens is 1. The Morgan fingerprint density at radius 1 is 1.32 bits per heavy atom. The molecule has 0 radical (unpaired) electrons. The average Bonchev–Trinajstić information content (AvgIpc) is 2.96. The van der Waals surface area contributed by atoms with Gasteiger partial charge in [-0.25, -0.2) is 0 Å². The fourth-order valence-electron chi connectivity index (χ4n) is 2.02. The molecule has 2 rings (SSSR count). The molecule has 0 aliphatic carbocycles. The number of benzene rings is 1. The number of nitrogens with one attached hydrogen (secondary N) is 1. The molecule has 0 unspecified atom stereocenters. The van der Waals surface area contributed by atoms with Gasteiger partial charge in [-0.1, -0.05) is 35.0 Å². The van der Waals surface area contributed by atoms with Gasteiger partial charge in [0.2, 0.25) is 5.91 Å². The normalized spacial score (nSPS) is 10.6. The van der Waals surface area contributed by atoms with Crippen LogP contribution in [0.2, 0.25) is 0 Å². The zero-order chi connectivity index (χ0) is 15.8. The van der Waals surface area contributed by atoms with Crippen molar-refractivity contribution in [2.45, 2.75) is 26.7 Å². The first-order valence-corrected chi connectivity index (χ1v) is 7.56. The smallest absolute Gasteiger partial charge is 0.226 e. The van der Waals surface area contributed by atoms with Crippen LogP contribution in [0, 0.1) is 6.92 Å². The maximum atomic E-state index is 11.8. The van der Waals surface area contributed by atoms with Crippen LogP contribution in [0.15, 0.2) is 34.9 Å². The molecular formula is C17H22N2O3. The van der Waals surface area contributed by atoms with Gasteiger partial charge >= 0.3 is 0 Å². The third-order valence-corrected chi connectivity index (χ3v) is 3.23. The number of rotatable bonds is 8. The predicted molar refractivity (Wildman–Crippen MR) is 84.5 cm³/mol. The Bertz CT molecular complexity index is 590. The molecule has 118 valence electrons. The lowest BCUT2D eigenvalue weighted by Gasteiger charge is -2.03. The molecule has 2 aromatic rings. The second-order valence-corrected chi connectivity index (χ2v) is 5.13. The summed E-state index contributed by atoms with van der Waals surface area (Å²) in [6, 6.07) is 9.80. The highest BCUT2D eigenvalue weighted by Crippen LogP contribution is 2.20. The summed E-state index contributed by atoms with van der Waals surface area (Å²) in [4.78, 5) is 11.8. The summed E-state index contributed by atoms with van der Waals surface area (Å²) in [6.45, 7) is 5.97. The van der Waals surface area contributed by atoms with Crippen molar-refractivity contribution in [1.82, 2.24) is 10.5 Å². The largest absolute Gasteiger partial charge is 0.382 e. The molecule has 0 saturated heterocycles. The molecule has 1 aromatic heterocycles. The zero-order valence-corrected chi connectivity index (χ0v) is 13.1. The predicted octanol–water partition coefficient (Wildman–Crippen LogP) is 2.74. The highest BCUT2D eigenvalue weighted by Gasteiger charge is 2.10. The number of amides is 1. The van der Waals surface area contributed by atoms with E-state index >= 15 is 0 Å². The summed E-state index contributed by atoms with van der Waals surface area (Å²) in [5, 5.41) is 6.80. The van der Waals surface area contributed by atoms with E-state index in [2.05, 4.69) is 10.5 Å². The Labute approximate surface area is 130 Å². The Morgan fingerprint density at radius 2 is 2.09 bits per heavy atom. The molecule has 0 spiro atoms. The minimum atomic E-state index is -0.0553. The van der Waals surface area contributed by atoms with E-state index < -0.39 is 0 Å². The number of aryl methyl sites for hydroxylation is 1. The summed E-state index contributed by atoms with van der Waals surface area (Å²) in [6.07, 6.45) is 1.04. The van der Waals surface area contributed by atoms with Crippen molar-refractivity contribution >= 4 is 5.91 Å². The first-order chi connectivity index (χ1) is 10.7. The van der Waals surface area contributed by atoms with Gasteiger partial charge in [0.25, 0.3) is 0 Å². The Hall–Kier alpha value is -2.14. The molecule has 0 aliphatic rings. The van der Waals surface area contributed by atoms with E-state index in [0.29, 0.717) is 31.2 Å². The molecular weight excluding hydrogens is 280 g/mol. The summed E-state index contributed by atoms with van der Waals surface area (Å²) < 4.78 is 10.5. The second kappa shape index (κ2) is 8.34. The van der Waals surface area contributed by atoms with Crippen molar-refractivity contribution in [3.8, 4) is 11.3 Å². The maximum Gasteiger partial charge on any atom is 0.226 e. The van der Waals surface area contributed by atoms with Crippen LogP contribution in [0.3, 0.4) is 0 Å². The van der Waals surface area contributed by atoms with Gasteiger partial charge in [-0.3, -0.25) is 4.79 Å². The highest BCUT2D eigenvalue weighted by molar-refractivity contribution is 5.78. The van der Waals surface area contributed by atoms with Gasteiger partial charge in [-0.2, -0.15) is 0 Å². The minimum Gasteiger partial charge on any atom is -0.382 e. The first-order valence-electron chi connectivity index (χ1n) is 7.56.